The molecule has 4 heteroatoms. The number of aromatic nitrogens is 1. The Labute approximate surface area is 139 Å². The van der Waals surface area contributed by atoms with Crippen LogP contribution in [0.3, 0.4) is 0 Å². The van der Waals surface area contributed by atoms with Crippen LogP contribution in [0.2, 0.25) is 0 Å². The summed E-state index contributed by atoms with van der Waals surface area (Å²) in [4.78, 5) is 2.44. The zero-order valence-corrected chi connectivity index (χ0v) is 14.2. The number of aliphatic hydroxyl groups excluding tert-OH is 1. The number of fused-ring (bicyclic) bond motifs is 1. The second-order valence-electron chi connectivity index (χ2n) is 6.79. The molecule has 1 aliphatic heterocycles. The Morgan fingerprint density at radius 3 is 2.83 bits per heavy atom. The molecule has 23 heavy (non-hydrogen) atoms. The molecule has 2 N–H and O–H groups in total. The number of aryl methyl sites for hydroxylation is 1. The molecule has 1 fully saturated rings. The minimum atomic E-state index is 0.188. The Morgan fingerprint density at radius 1 is 1.22 bits per heavy atom. The van der Waals surface area contributed by atoms with Gasteiger partial charge in [0.15, 0.2) is 0 Å². The van der Waals surface area contributed by atoms with E-state index in [0.717, 1.165) is 19.0 Å². The molecule has 0 saturated carbocycles. The van der Waals surface area contributed by atoms with Crippen molar-refractivity contribution in [3.63, 3.8) is 0 Å². The second kappa shape index (κ2) is 7.95. The molecule has 0 spiro atoms. The van der Waals surface area contributed by atoms with Crippen molar-refractivity contribution >= 4 is 10.9 Å². The highest BCUT2D eigenvalue weighted by atomic mass is 16.3. The van der Waals surface area contributed by atoms with Gasteiger partial charge in [-0.15, -0.1) is 0 Å². The molecule has 126 valence electrons. The molecule has 1 saturated heterocycles. The predicted molar refractivity (Wildman–Crippen MR) is 95.6 cm³/mol. The van der Waals surface area contributed by atoms with Gasteiger partial charge in [-0.1, -0.05) is 12.1 Å². The average molecular weight is 315 g/mol. The zero-order valence-electron chi connectivity index (χ0n) is 14.2. The quantitative estimate of drug-likeness (QED) is 0.771. The van der Waals surface area contributed by atoms with Crippen LogP contribution in [-0.2, 0) is 13.1 Å². The molecule has 0 radical (unpaired) electrons. The maximum Gasteiger partial charge on any atom is 0.0556 e. The largest absolute Gasteiger partial charge is 0.395 e. The highest BCUT2D eigenvalue weighted by Crippen LogP contribution is 2.24. The van der Waals surface area contributed by atoms with E-state index in [1.54, 1.807) is 0 Å². The number of benzene rings is 1. The number of hydrogen-bond acceptors (Lipinski definition) is 3. The van der Waals surface area contributed by atoms with Gasteiger partial charge in [0.2, 0.25) is 0 Å². The number of aliphatic hydroxyl groups is 1. The summed E-state index contributed by atoms with van der Waals surface area (Å²) in [6.45, 7) is 5.26. The summed E-state index contributed by atoms with van der Waals surface area (Å²) in [5, 5.41) is 13.5. The van der Waals surface area contributed by atoms with E-state index in [-0.39, 0.29) is 6.61 Å². The third kappa shape index (κ3) is 4.14. The molecule has 0 unspecified atom stereocenters. The van der Waals surface area contributed by atoms with Gasteiger partial charge in [0, 0.05) is 36.7 Å². The Morgan fingerprint density at radius 2 is 2.04 bits per heavy atom. The van der Waals surface area contributed by atoms with Gasteiger partial charge in [-0.05, 0) is 63.0 Å². The number of hydrogen-bond donors (Lipinski definition) is 2. The first-order valence-electron chi connectivity index (χ1n) is 8.85. The minimum Gasteiger partial charge on any atom is -0.395 e. The van der Waals surface area contributed by atoms with Crippen molar-refractivity contribution < 1.29 is 5.11 Å². The van der Waals surface area contributed by atoms with Crippen LogP contribution in [0, 0.1) is 5.92 Å². The molecule has 0 aliphatic carbocycles. The van der Waals surface area contributed by atoms with Gasteiger partial charge in [0.05, 0.1) is 6.61 Å². The van der Waals surface area contributed by atoms with Crippen molar-refractivity contribution in [1.82, 2.24) is 14.8 Å². The van der Waals surface area contributed by atoms with Gasteiger partial charge >= 0.3 is 0 Å². The molecule has 0 bridgehead atoms. The van der Waals surface area contributed by atoms with Gasteiger partial charge < -0.3 is 19.9 Å². The standard InChI is InChI=1S/C19H29N3O/c1-21-10-5-16(6-11-21)7-12-22-13-8-18-17(15-20-9-14-23)3-2-4-19(18)22/h2-4,8,13,16,20,23H,5-7,9-12,14-15H2,1H3. The van der Waals surface area contributed by atoms with Crippen molar-refractivity contribution in [3.05, 3.63) is 36.0 Å². The fourth-order valence-electron chi connectivity index (χ4n) is 3.61. The van der Waals surface area contributed by atoms with Crippen molar-refractivity contribution in [3.8, 4) is 0 Å². The molecule has 2 heterocycles. The molecular formula is C19H29N3O. The summed E-state index contributed by atoms with van der Waals surface area (Å²) >= 11 is 0. The van der Waals surface area contributed by atoms with Gasteiger partial charge in [-0.25, -0.2) is 0 Å². The van der Waals surface area contributed by atoms with Gasteiger partial charge in [-0.2, -0.15) is 0 Å². The normalized spacial score (nSPS) is 17.1. The topological polar surface area (TPSA) is 40.4 Å². The van der Waals surface area contributed by atoms with Crippen LogP contribution >= 0.6 is 0 Å². The number of nitrogens with one attached hydrogen (secondary N) is 1. The van der Waals surface area contributed by atoms with Crippen molar-refractivity contribution in [2.24, 2.45) is 5.92 Å². The summed E-state index contributed by atoms with van der Waals surface area (Å²) in [6.07, 6.45) is 6.19. The highest BCUT2D eigenvalue weighted by Gasteiger charge is 2.16. The Kier molecular flexibility index (Phi) is 5.70. The summed E-state index contributed by atoms with van der Waals surface area (Å²) < 4.78 is 2.41. The lowest BCUT2D eigenvalue weighted by Crippen LogP contribution is -2.30. The highest BCUT2D eigenvalue weighted by molar-refractivity contribution is 5.83. The molecule has 0 amide bonds. The zero-order chi connectivity index (χ0) is 16.1. The molecule has 3 rings (SSSR count). The van der Waals surface area contributed by atoms with Gasteiger partial charge in [0.1, 0.15) is 0 Å². The molecule has 1 aliphatic rings. The van der Waals surface area contributed by atoms with E-state index >= 15 is 0 Å². The summed E-state index contributed by atoms with van der Waals surface area (Å²) in [5.41, 5.74) is 2.65. The molecule has 4 nitrogen and oxygen atoms in total. The Bertz CT molecular complexity index is 614. The maximum atomic E-state index is 8.90. The van der Waals surface area contributed by atoms with Crippen molar-refractivity contribution in [2.45, 2.75) is 32.4 Å². The molecule has 1 aromatic carbocycles. The fourth-order valence-corrected chi connectivity index (χ4v) is 3.61. The monoisotopic (exact) mass is 315 g/mol. The second-order valence-corrected chi connectivity index (χ2v) is 6.79. The fraction of sp³-hybridized carbons (Fsp3) is 0.579. The van der Waals surface area contributed by atoms with E-state index in [0.29, 0.717) is 6.54 Å². The molecule has 0 atom stereocenters. The van der Waals surface area contributed by atoms with Crippen LogP contribution in [0.1, 0.15) is 24.8 Å². The van der Waals surface area contributed by atoms with Crippen LogP contribution in [0.25, 0.3) is 10.9 Å². The first-order chi connectivity index (χ1) is 11.3. The molecular weight excluding hydrogens is 286 g/mol. The van der Waals surface area contributed by atoms with Crippen LogP contribution in [0.15, 0.2) is 30.5 Å². The van der Waals surface area contributed by atoms with E-state index in [1.165, 1.54) is 48.8 Å². The van der Waals surface area contributed by atoms with Crippen LogP contribution in [-0.4, -0.2) is 47.9 Å². The molecule has 1 aromatic heterocycles. The summed E-state index contributed by atoms with van der Waals surface area (Å²) in [7, 11) is 2.22. The lowest BCUT2D eigenvalue weighted by Gasteiger charge is -2.29. The third-order valence-corrected chi connectivity index (χ3v) is 5.12. The first kappa shape index (κ1) is 16.5. The van der Waals surface area contributed by atoms with Gasteiger partial charge in [-0.3, -0.25) is 0 Å². The number of nitrogens with zero attached hydrogens (tertiary/aromatic N) is 2. The Balaban J connectivity index is 1.64. The summed E-state index contributed by atoms with van der Waals surface area (Å²) in [5.74, 6) is 0.873. The minimum absolute atomic E-state index is 0.188. The van der Waals surface area contributed by atoms with Gasteiger partial charge in [0.25, 0.3) is 0 Å². The maximum absolute atomic E-state index is 8.90. The van der Waals surface area contributed by atoms with Crippen molar-refractivity contribution in [1.29, 1.82) is 0 Å². The van der Waals surface area contributed by atoms with Crippen molar-refractivity contribution in [2.75, 3.05) is 33.3 Å². The number of likely N-dealkylation sites (tertiary alicyclic amines) is 1. The van der Waals surface area contributed by atoms with E-state index in [1.807, 2.05) is 0 Å². The third-order valence-electron chi connectivity index (χ3n) is 5.12. The lowest BCUT2D eigenvalue weighted by molar-refractivity contribution is 0.208. The lowest BCUT2D eigenvalue weighted by atomic mass is 9.94. The van der Waals surface area contributed by atoms with Crippen LogP contribution in [0.5, 0.6) is 0 Å². The van der Waals surface area contributed by atoms with E-state index < -0.39 is 0 Å². The van der Waals surface area contributed by atoms with Crippen LogP contribution in [0.4, 0.5) is 0 Å². The molecule has 2 aromatic rings. The van der Waals surface area contributed by atoms with Crippen LogP contribution < -0.4 is 5.32 Å². The van der Waals surface area contributed by atoms with E-state index in [2.05, 4.69) is 52.3 Å². The number of rotatable bonds is 7. The SMILES string of the molecule is CN1CCC(CCn2ccc3c(CNCCO)cccc32)CC1. The predicted octanol–water partition coefficient (Wildman–Crippen LogP) is 2.46. The average Bonchev–Trinajstić information content (AvgIpc) is 2.99. The summed E-state index contributed by atoms with van der Waals surface area (Å²) in [6, 6.07) is 8.78. The smallest absolute Gasteiger partial charge is 0.0556 e. The first-order valence-corrected chi connectivity index (χ1v) is 8.85. The Hall–Kier alpha value is -1.36. The number of piperidine rings is 1. The van der Waals surface area contributed by atoms with E-state index in [9.17, 15) is 0 Å². The van der Waals surface area contributed by atoms with E-state index in [4.69, 9.17) is 5.11 Å².